The molecule has 0 aliphatic rings. The fourth-order valence-electron chi connectivity index (χ4n) is 2.18. The maximum absolute atomic E-state index is 10.5. The zero-order valence-corrected chi connectivity index (χ0v) is 16.9. The van der Waals surface area contributed by atoms with Crippen LogP contribution in [0.2, 0.25) is 0 Å². The molecule has 0 saturated carbocycles. The van der Waals surface area contributed by atoms with Gasteiger partial charge in [0.1, 0.15) is 5.78 Å². The third kappa shape index (κ3) is 5.93. The maximum Gasteiger partial charge on any atom is 0.135 e. The molecule has 0 aliphatic carbocycles. The van der Waals surface area contributed by atoms with E-state index in [0.717, 1.165) is 0 Å². The molecule has 1 nitrogen and oxygen atoms in total. The standard InChI is InChI=1S/C18H15P.C6H12O/c1-4-10-16(11-5-1)19(17-12-6-2-7-13-17)18-14-8-3-9-15-18;1-5(7)6(2,3)4/h1-15H;1-4H3. The maximum atomic E-state index is 10.5. The van der Waals surface area contributed by atoms with Gasteiger partial charge in [0.05, 0.1) is 0 Å². The first-order chi connectivity index (χ1) is 12.4. The Bertz CT molecular complexity index is 696. The first-order valence-electron chi connectivity index (χ1n) is 8.86. The molecule has 0 bridgehead atoms. The van der Waals surface area contributed by atoms with Crippen molar-refractivity contribution in [3.63, 3.8) is 0 Å². The van der Waals surface area contributed by atoms with Crippen LogP contribution < -0.4 is 15.9 Å². The molecule has 0 aliphatic heterocycles. The summed E-state index contributed by atoms with van der Waals surface area (Å²) in [6.45, 7) is 7.35. The van der Waals surface area contributed by atoms with Crippen molar-refractivity contribution >= 4 is 29.6 Å². The Hall–Kier alpha value is -2.24. The van der Waals surface area contributed by atoms with E-state index < -0.39 is 7.92 Å². The van der Waals surface area contributed by atoms with E-state index in [1.54, 1.807) is 6.92 Å². The van der Waals surface area contributed by atoms with Crippen molar-refractivity contribution in [2.75, 3.05) is 0 Å². The molecule has 134 valence electrons. The number of carbonyl (C=O) groups excluding carboxylic acids is 1. The highest BCUT2D eigenvalue weighted by Gasteiger charge is 2.15. The van der Waals surface area contributed by atoms with E-state index in [2.05, 4.69) is 91.0 Å². The van der Waals surface area contributed by atoms with Crippen LogP contribution in [0.25, 0.3) is 0 Å². The molecule has 2 heteroatoms. The predicted molar refractivity (Wildman–Crippen MR) is 115 cm³/mol. The van der Waals surface area contributed by atoms with E-state index in [9.17, 15) is 4.79 Å². The van der Waals surface area contributed by atoms with Crippen LogP contribution in [0.15, 0.2) is 91.0 Å². The first-order valence-corrected chi connectivity index (χ1v) is 10.2. The van der Waals surface area contributed by atoms with Gasteiger partial charge in [0.15, 0.2) is 0 Å². The summed E-state index contributed by atoms with van der Waals surface area (Å²) in [6.07, 6.45) is 0. The fourth-order valence-corrected chi connectivity index (χ4v) is 4.48. The number of benzene rings is 3. The molecule has 0 radical (unpaired) electrons. The van der Waals surface area contributed by atoms with Gasteiger partial charge in [-0.3, -0.25) is 4.79 Å². The zero-order chi connectivity index (χ0) is 19.0. The lowest BCUT2D eigenvalue weighted by atomic mass is 9.92. The van der Waals surface area contributed by atoms with Crippen molar-refractivity contribution < 1.29 is 4.79 Å². The van der Waals surface area contributed by atoms with E-state index in [0.29, 0.717) is 0 Å². The molecule has 3 aromatic rings. The second-order valence-electron chi connectivity index (χ2n) is 7.15. The lowest BCUT2D eigenvalue weighted by Gasteiger charge is -2.18. The van der Waals surface area contributed by atoms with Gasteiger partial charge in [0.25, 0.3) is 0 Å². The van der Waals surface area contributed by atoms with Gasteiger partial charge in [-0.2, -0.15) is 0 Å². The van der Waals surface area contributed by atoms with Crippen molar-refractivity contribution in [1.29, 1.82) is 0 Å². The topological polar surface area (TPSA) is 17.1 Å². The van der Waals surface area contributed by atoms with Crippen LogP contribution in [0, 0.1) is 5.41 Å². The summed E-state index contributed by atoms with van der Waals surface area (Å²) in [4.78, 5) is 10.5. The van der Waals surface area contributed by atoms with Crippen molar-refractivity contribution in [2.24, 2.45) is 5.41 Å². The minimum absolute atomic E-state index is 0.139. The highest BCUT2D eigenvalue weighted by atomic mass is 31.1. The van der Waals surface area contributed by atoms with Crippen LogP contribution >= 0.6 is 7.92 Å². The molecule has 0 fully saturated rings. The quantitative estimate of drug-likeness (QED) is 0.595. The number of carbonyl (C=O) groups is 1. The van der Waals surface area contributed by atoms with E-state index in [4.69, 9.17) is 0 Å². The summed E-state index contributed by atoms with van der Waals surface area (Å²) in [6, 6.07) is 32.3. The molecule has 0 amide bonds. The predicted octanol–water partition coefficient (Wildman–Crippen LogP) is 5.07. The molecule has 0 atom stereocenters. The Morgan fingerprint density at radius 3 is 1.04 bits per heavy atom. The minimum atomic E-state index is -0.446. The molecule has 3 aromatic carbocycles. The fraction of sp³-hybridized carbons (Fsp3) is 0.208. The van der Waals surface area contributed by atoms with E-state index in [1.165, 1.54) is 15.9 Å². The van der Waals surface area contributed by atoms with Gasteiger partial charge in [0.2, 0.25) is 0 Å². The second kappa shape index (κ2) is 9.46. The number of ketones is 1. The van der Waals surface area contributed by atoms with Crippen molar-refractivity contribution in [3.8, 4) is 0 Å². The van der Waals surface area contributed by atoms with Gasteiger partial charge >= 0.3 is 0 Å². The Kier molecular flexibility index (Phi) is 7.30. The van der Waals surface area contributed by atoms with Crippen LogP contribution in [-0.2, 0) is 4.79 Å². The smallest absolute Gasteiger partial charge is 0.135 e. The van der Waals surface area contributed by atoms with Gasteiger partial charge in [-0.15, -0.1) is 0 Å². The number of hydrogen-bond acceptors (Lipinski definition) is 1. The Labute approximate surface area is 158 Å². The third-order valence-electron chi connectivity index (χ3n) is 4.10. The molecule has 0 saturated heterocycles. The molecule has 26 heavy (non-hydrogen) atoms. The summed E-state index contributed by atoms with van der Waals surface area (Å²) < 4.78 is 0. The first kappa shape index (κ1) is 20.1. The molecular weight excluding hydrogens is 335 g/mol. The zero-order valence-electron chi connectivity index (χ0n) is 16.0. The average Bonchev–Trinajstić information content (AvgIpc) is 2.64. The lowest BCUT2D eigenvalue weighted by molar-refractivity contribution is -0.124. The molecule has 0 N–H and O–H groups in total. The summed E-state index contributed by atoms with van der Waals surface area (Å²) in [5, 5.41) is 4.19. The number of Topliss-reactive ketones (excluding diaryl/α,β-unsaturated/α-hetero) is 1. The van der Waals surface area contributed by atoms with Crippen LogP contribution in [0.4, 0.5) is 0 Å². The van der Waals surface area contributed by atoms with Crippen LogP contribution in [0.3, 0.4) is 0 Å². The second-order valence-corrected chi connectivity index (χ2v) is 9.37. The van der Waals surface area contributed by atoms with E-state index in [1.807, 2.05) is 20.8 Å². The third-order valence-corrected chi connectivity index (χ3v) is 6.54. The van der Waals surface area contributed by atoms with Gasteiger partial charge in [-0.1, -0.05) is 112 Å². The van der Waals surface area contributed by atoms with E-state index in [-0.39, 0.29) is 11.2 Å². The Morgan fingerprint density at radius 1 is 0.615 bits per heavy atom. The Balaban J connectivity index is 0.000000298. The molecule has 0 aromatic heterocycles. The molecule has 0 unspecified atom stereocenters. The van der Waals surface area contributed by atoms with Crippen molar-refractivity contribution in [3.05, 3.63) is 91.0 Å². The van der Waals surface area contributed by atoms with Crippen LogP contribution in [-0.4, -0.2) is 5.78 Å². The van der Waals surface area contributed by atoms with E-state index >= 15 is 0 Å². The molecule has 0 heterocycles. The monoisotopic (exact) mass is 362 g/mol. The van der Waals surface area contributed by atoms with Gasteiger partial charge in [-0.25, -0.2) is 0 Å². The summed E-state index contributed by atoms with van der Waals surface area (Å²) >= 11 is 0. The Morgan fingerprint density at radius 2 is 0.846 bits per heavy atom. The average molecular weight is 362 g/mol. The van der Waals surface area contributed by atoms with Gasteiger partial charge < -0.3 is 0 Å². The van der Waals surface area contributed by atoms with Gasteiger partial charge in [-0.05, 0) is 30.8 Å². The number of hydrogen-bond donors (Lipinski definition) is 0. The molecule has 3 rings (SSSR count). The molecular formula is C24H27OP. The van der Waals surface area contributed by atoms with Crippen molar-refractivity contribution in [2.45, 2.75) is 27.7 Å². The SMILES string of the molecule is CC(=O)C(C)(C)C.c1ccc(P(c2ccccc2)c2ccccc2)cc1. The van der Waals surface area contributed by atoms with Crippen molar-refractivity contribution in [1.82, 2.24) is 0 Å². The molecule has 0 spiro atoms. The minimum Gasteiger partial charge on any atom is -0.299 e. The highest BCUT2D eigenvalue weighted by molar-refractivity contribution is 7.79. The summed E-state index contributed by atoms with van der Waals surface area (Å²) in [5.74, 6) is 0.243. The number of rotatable bonds is 3. The highest BCUT2D eigenvalue weighted by Crippen LogP contribution is 2.32. The summed E-state index contributed by atoms with van der Waals surface area (Å²) in [5.41, 5.74) is -0.139. The van der Waals surface area contributed by atoms with Crippen LogP contribution in [0.5, 0.6) is 0 Å². The van der Waals surface area contributed by atoms with Crippen LogP contribution in [0.1, 0.15) is 27.7 Å². The largest absolute Gasteiger partial charge is 0.299 e. The normalized spacial score (nSPS) is 10.8. The lowest BCUT2D eigenvalue weighted by Crippen LogP contribution is -2.20. The summed E-state index contributed by atoms with van der Waals surface area (Å²) in [7, 11) is -0.446. The van der Waals surface area contributed by atoms with Gasteiger partial charge in [0, 0.05) is 5.41 Å².